The second-order valence-electron chi connectivity index (χ2n) is 6.41. The Morgan fingerprint density at radius 3 is 2.53 bits per heavy atom. The zero-order valence-electron chi connectivity index (χ0n) is 11.5. The number of rotatable bonds is 4. The zero-order chi connectivity index (χ0) is 12.3. The number of likely N-dealkylation sites (tertiary alicyclic amines) is 1. The summed E-state index contributed by atoms with van der Waals surface area (Å²) >= 11 is 3.70. The normalized spacial score (nSPS) is 32.5. The lowest BCUT2D eigenvalue weighted by atomic mass is 9.78. The van der Waals surface area contributed by atoms with Crippen LogP contribution < -0.4 is 0 Å². The highest BCUT2D eigenvalue weighted by Crippen LogP contribution is 2.36. The Kier molecular flexibility index (Phi) is 5.35. The van der Waals surface area contributed by atoms with Gasteiger partial charge in [0.1, 0.15) is 0 Å². The second kappa shape index (κ2) is 6.56. The molecular formula is C15H28BrN. The van der Waals surface area contributed by atoms with Crippen LogP contribution in [0.3, 0.4) is 0 Å². The van der Waals surface area contributed by atoms with Crippen molar-refractivity contribution in [2.24, 2.45) is 17.8 Å². The number of piperidine rings is 1. The summed E-state index contributed by atoms with van der Waals surface area (Å²) < 4.78 is 0. The smallest absolute Gasteiger partial charge is 0.0124 e. The number of hydrogen-bond donors (Lipinski definition) is 0. The Morgan fingerprint density at radius 1 is 1.12 bits per heavy atom. The molecule has 2 rings (SSSR count). The highest BCUT2D eigenvalue weighted by atomic mass is 79.9. The van der Waals surface area contributed by atoms with Crippen LogP contribution in [-0.4, -0.2) is 29.4 Å². The zero-order valence-corrected chi connectivity index (χ0v) is 13.1. The minimum atomic E-state index is 0.804. The fourth-order valence-electron chi connectivity index (χ4n) is 3.69. The highest BCUT2D eigenvalue weighted by Gasteiger charge is 2.34. The van der Waals surface area contributed by atoms with Gasteiger partial charge in [-0.2, -0.15) is 0 Å². The van der Waals surface area contributed by atoms with Gasteiger partial charge in [0.05, 0.1) is 0 Å². The molecule has 2 heteroatoms. The minimum absolute atomic E-state index is 0.804. The Morgan fingerprint density at radius 2 is 1.82 bits per heavy atom. The van der Waals surface area contributed by atoms with Gasteiger partial charge >= 0.3 is 0 Å². The van der Waals surface area contributed by atoms with E-state index in [0.29, 0.717) is 0 Å². The molecule has 17 heavy (non-hydrogen) atoms. The van der Waals surface area contributed by atoms with Crippen LogP contribution in [0.5, 0.6) is 0 Å². The van der Waals surface area contributed by atoms with Crippen LogP contribution in [0.1, 0.15) is 52.4 Å². The van der Waals surface area contributed by atoms with Crippen LogP contribution in [0.25, 0.3) is 0 Å². The van der Waals surface area contributed by atoms with Crippen LogP contribution in [-0.2, 0) is 0 Å². The second-order valence-corrected chi connectivity index (χ2v) is 7.05. The molecule has 0 radical (unpaired) electrons. The molecular weight excluding hydrogens is 274 g/mol. The third kappa shape index (κ3) is 3.47. The van der Waals surface area contributed by atoms with E-state index in [1.165, 1.54) is 56.9 Å². The molecule has 0 N–H and O–H groups in total. The molecule has 0 bridgehead atoms. The van der Waals surface area contributed by atoms with Gasteiger partial charge in [-0.3, -0.25) is 4.90 Å². The fourth-order valence-corrected chi connectivity index (χ4v) is 4.65. The minimum Gasteiger partial charge on any atom is -0.300 e. The molecule has 1 nitrogen and oxygen atoms in total. The monoisotopic (exact) mass is 301 g/mol. The maximum atomic E-state index is 3.70. The molecule has 0 aromatic carbocycles. The van der Waals surface area contributed by atoms with E-state index in [2.05, 4.69) is 34.7 Å². The van der Waals surface area contributed by atoms with Crippen LogP contribution in [0, 0.1) is 17.8 Å². The van der Waals surface area contributed by atoms with E-state index < -0.39 is 0 Å². The van der Waals surface area contributed by atoms with Crippen LogP contribution in [0.4, 0.5) is 0 Å². The summed E-state index contributed by atoms with van der Waals surface area (Å²) in [7, 11) is 0. The molecule has 1 aliphatic heterocycles. The quantitative estimate of drug-likeness (QED) is 0.700. The molecule has 0 spiro atoms. The van der Waals surface area contributed by atoms with E-state index in [0.717, 1.165) is 23.8 Å². The van der Waals surface area contributed by atoms with E-state index in [1.807, 2.05) is 0 Å². The van der Waals surface area contributed by atoms with Gasteiger partial charge < -0.3 is 0 Å². The first-order valence-corrected chi connectivity index (χ1v) is 8.64. The summed E-state index contributed by atoms with van der Waals surface area (Å²) in [6.45, 7) is 7.42. The van der Waals surface area contributed by atoms with Gasteiger partial charge in [-0.15, -0.1) is 0 Å². The van der Waals surface area contributed by atoms with Crippen LogP contribution in [0.2, 0.25) is 0 Å². The summed E-state index contributed by atoms with van der Waals surface area (Å²) in [6, 6.07) is 0.929. The molecule has 1 heterocycles. The largest absolute Gasteiger partial charge is 0.300 e. The Bertz CT molecular complexity index is 227. The third-order valence-electron chi connectivity index (χ3n) is 4.97. The van der Waals surface area contributed by atoms with Gasteiger partial charge in [0.2, 0.25) is 0 Å². The van der Waals surface area contributed by atoms with Gasteiger partial charge in [0, 0.05) is 17.9 Å². The van der Waals surface area contributed by atoms with Crippen molar-refractivity contribution in [3.63, 3.8) is 0 Å². The lowest BCUT2D eigenvalue weighted by molar-refractivity contribution is 0.0453. The fraction of sp³-hybridized carbons (Fsp3) is 1.00. The number of halogens is 1. The highest BCUT2D eigenvalue weighted by molar-refractivity contribution is 9.09. The number of hydrogen-bond acceptors (Lipinski definition) is 1. The molecule has 0 amide bonds. The van der Waals surface area contributed by atoms with Crippen LogP contribution >= 0.6 is 15.9 Å². The van der Waals surface area contributed by atoms with E-state index in [4.69, 9.17) is 0 Å². The third-order valence-corrected chi connectivity index (χ3v) is 5.80. The molecule has 2 aliphatic rings. The molecule has 3 atom stereocenters. The van der Waals surface area contributed by atoms with Crippen LogP contribution in [0.15, 0.2) is 0 Å². The Labute approximate surface area is 115 Å². The first-order chi connectivity index (χ1) is 8.22. The Balaban J connectivity index is 1.94. The maximum absolute atomic E-state index is 3.70. The van der Waals surface area contributed by atoms with Crippen molar-refractivity contribution in [3.8, 4) is 0 Å². The maximum Gasteiger partial charge on any atom is 0.0124 e. The van der Waals surface area contributed by atoms with E-state index in [1.54, 1.807) is 0 Å². The van der Waals surface area contributed by atoms with Gasteiger partial charge in [0.15, 0.2) is 0 Å². The van der Waals surface area contributed by atoms with Crippen molar-refractivity contribution in [2.75, 3.05) is 18.4 Å². The van der Waals surface area contributed by atoms with Crippen molar-refractivity contribution in [1.29, 1.82) is 0 Å². The molecule has 1 saturated heterocycles. The average Bonchev–Trinajstić information content (AvgIpc) is 2.35. The average molecular weight is 302 g/mol. The Hall–Kier alpha value is 0.440. The van der Waals surface area contributed by atoms with E-state index in [-0.39, 0.29) is 0 Å². The summed E-state index contributed by atoms with van der Waals surface area (Å²) in [5.41, 5.74) is 0. The van der Waals surface area contributed by atoms with Gasteiger partial charge in [-0.05, 0) is 50.0 Å². The predicted octanol–water partition coefficient (Wildman–Crippen LogP) is 4.31. The van der Waals surface area contributed by atoms with Crippen molar-refractivity contribution in [1.82, 2.24) is 4.90 Å². The standard InChI is InChI=1S/C15H28BrN/c1-12(2)14(10-16)11-17-9-5-7-13-6-3-4-8-15(13)17/h12-15H,3-11H2,1-2H3. The van der Waals surface area contributed by atoms with Crippen molar-refractivity contribution >= 4 is 15.9 Å². The van der Waals surface area contributed by atoms with Crippen molar-refractivity contribution in [3.05, 3.63) is 0 Å². The van der Waals surface area contributed by atoms with E-state index >= 15 is 0 Å². The molecule has 1 aliphatic carbocycles. The topological polar surface area (TPSA) is 3.24 Å². The molecule has 3 unspecified atom stereocenters. The number of alkyl halides is 1. The first-order valence-electron chi connectivity index (χ1n) is 7.52. The summed E-state index contributed by atoms with van der Waals surface area (Å²) in [4.78, 5) is 2.83. The predicted molar refractivity (Wildman–Crippen MR) is 78.7 cm³/mol. The van der Waals surface area contributed by atoms with Gasteiger partial charge in [0.25, 0.3) is 0 Å². The molecule has 1 saturated carbocycles. The number of nitrogens with zero attached hydrogens (tertiary/aromatic N) is 1. The van der Waals surface area contributed by atoms with E-state index in [9.17, 15) is 0 Å². The van der Waals surface area contributed by atoms with Crippen molar-refractivity contribution in [2.45, 2.75) is 58.4 Å². The van der Waals surface area contributed by atoms with Crippen molar-refractivity contribution < 1.29 is 0 Å². The number of fused-ring (bicyclic) bond motifs is 1. The molecule has 0 aromatic heterocycles. The SMILES string of the molecule is CC(C)C(CBr)CN1CCCC2CCCCC21. The molecule has 0 aromatic rings. The summed E-state index contributed by atoms with van der Waals surface area (Å²) in [5.74, 6) is 2.66. The molecule has 2 fully saturated rings. The lowest BCUT2D eigenvalue weighted by Crippen LogP contribution is -2.49. The first kappa shape index (κ1) is 13.9. The lowest BCUT2D eigenvalue weighted by Gasteiger charge is -2.45. The van der Waals surface area contributed by atoms with Gasteiger partial charge in [-0.25, -0.2) is 0 Å². The summed E-state index contributed by atoms with van der Waals surface area (Å²) in [6.07, 6.45) is 8.87. The molecule has 100 valence electrons. The summed E-state index contributed by atoms with van der Waals surface area (Å²) in [5, 5.41) is 1.17. The van der Waals surface area contributed by atoms with Gasteiger partial charge in [-0.1, -0.05) is 42.6 Å².